The van der Waals surface area contributed by atoms with Gasteiger partial charge in [-0.25, -0.2) is 4.98 Å². The second kappa shape index (κ2) is 6.25. The Morgan fingerprint density at radius 1 is 1.40 bits per heavy atom. The number of aromatic nitrogens is 2. The molecular formula is C14H15IN2O3. The summed E-state index contributed by atoms with van der Waals surface area (Å²) < 4.78 is 5.95. The van der Waals surface area contributed by atoms with Crippen molar-refractivity contribution in [2.24, 2.45) is 0 Å². The summed E-state index contributed by atoms with van der Waals surface area (Å²) in [5.41, 5.74) is 1.31. The van der Waals surface area contributed by atoms with E-state index in [2.05, 4.69) is 9.97 Å². The number of nitrogens with zero attached hydrogens (tertiary/aromatic N) is 1. The van der Waals surface area contributed by atoms with Crippen molar-refractivity contribution in [3.8, 4) is 22.9 Å². The second-order valence-electron chi connectivity index (χ2n) is 4.14. The monoisotopic (exact) mass is 386 g/mol. The maximum atomic E-state index is 11.9. The molecule has 2 rings (SSSR count). The Morgan fingerprint density at radius 2 is 2.15 bits per heavy atom. The van der Waals surface area contributed by atoms with Crippen molar-refractivity contribution in [3.05, 3.63) is 37.8 Å². The molecule has 1 heterocycles. The van der Waals surface area contributed by atoms with E-state index in [1.165, 1.54) is 6.07 Å². The Balaban J connectivity index is 2.54. The summed E-state index contributed by atoms with van der Waals surface area (Å²) in [5.74, 6) is 0.927. The van der Waals surface area contributed by atoms with Gasteiger partial charge in [-0.2, -0.15) is 0 Å². The van der Waals surface area contributed by atoms with Crippen LogP contribution < -0.4 is 10.3 Å². The molecule has 2 N–H and O–H groups in total. The number of hydrogen-bond acceptors (Lipinski definition) is 4. The van der Waals surface area contributed by atoms with Crippen molar-refractivity contribution in [1.82, 2.24) is 9.97 Å². The van der Waals surface area contributed by atoms with E-state index in [1.807, 2.05) is 36.4 Å². The quantitative estimate of drug-likeness (QED) is 0.793. The Morgan fingerprint density at radius 3 is 2.80 bits per heavy atom. The molecule has 106 valence electrons. The SMILES string of the molecule is CCOc1cc(-c2nc(CC)c(I)c(=O)[nH]2)ccc1O. The predicted molar refractivity (Wildman–Crippen MR) is 85.2 cm³/mol. The molecular weight excluding hydrogens is 371 g/mol. The van der Waals surface area contributed by atoms with E-state index in [0.717, 1.165) is 5.69 Å². The van der Waals surface area contributed by atoms with Crippen LogP contribution in [-0.4, -0.2) is 21.7 Å². The molecule has 0 aliphatic heterocycles. The Hall–Kier alpha value is -1.57. The van der Waals surface area contributed by atoms with Crippen LogP contribution in [-0.2, 0) is 6.42 Å². The van der Waals surface area contributed by atoms with Gasteiger partial charge in [0.25, 0.3) is 5.56 Å². The fourth-order valence-electron chi connectivity index (χ4n) is 1.81. The first-order valence-corrected chi connectivity index (χ1v) is 7.39. The molecule has 2 aromatic rings. The van der Waals surface area contributed by atoms with Crippen LogP contribution in [0.15, 0.2) is 23.0 Å². The lowest BCUT2D eigenvalue weighted by atomic mass is 10.2. The lowest BCUT2D eigenvalue weighted by molar-refractivity contribution is 0.318. The van der Waals surface area contributed by atoms with Gasteiger partial charge in [-0.15, -0.1) is 0 Å². The molecule has 6 heteroatoms. The minimum Gasteiger partial charge on any atom is -0.504 e. The third-order valence-corrected chi connectivity index (χ3v) is 3.91. The molecule has 0 bridgehead atoms. The van der Waals surface area contributed by atoms with Crippen molar-refractivity contribution < 1.29 is 9.84 Å². The Kier molecular flexibility index (Phi) is 4.64. The lowest BCUT2D eigenvalue weighted by Crippen LogP contribution is -2.16. The van der Waals surface area contributed by atoms with Gasteiger partial charge in [0.15, 0.2) is 11.5 Å². The highest BCUT2D eigenvalue weighted by molar-refractivity contribution is 14.1. The van der Waals surface area contributed by atoms with Crippen molar-refractivity contribution >= 4 is 22.6 Å². The average Bonchev–Trinajstić information content (AvgIpc) is 2.44. The molecule has 0 radical (unpaired) electrons. The number of aromatic amines is 1. The molecule has 5 nitrogen and oxygen atoms in total. The van der Waals surface area contributed by atoms with Crippen molar-refractivity contribution in [3.63, 3.8) is 0 Å². The van der Waals surface area contributed by atoms with Crippen molar-refractivity contribution in [2.45, 2.75) is 20.3 Å². The molecule has 0 unspecified atom stereocenters. The minimum atomic E-state index is -0.154. The van der Waals surface area contributed by atoms with Crippen LogP contribution in [0.5, 0.6) is 11.5 Å². The maximum Gasteiger partial charge on any atom is 0.264 e. The number of halogens is 1. The number of aryl methyl sites for hydroxylation is 1. The van der Waals surface area contributed by atoms with E-state index < -0.39 is 0 Å². The van der Waals surface area contributed by atoms with Gasteiger partial charge in [-0.05, 0) is 54.1 Å². The summed E-state index contributed by atoms with van der Waals surface area (Å²) in [6.45, 7) is 4.25. The largest absolute Gasteiger partial charge is 0.504 e. The number of ether oxygens (including phenoxy) is 1. The summed E-state index contributed by atoms with van der Waals surface area (Å²) >= 11 is 2.00. The van der Waals surface area contributed by atoms with Gasteiger partial charge in [0.05, 0.1) is 15.9 Å². The molecule has 1 aromatic carbocycles. The number of hydrogen-bond donors (Lipinski definition) is 2. The number of aromatic hydroxyl groups is 1. The zero-order valence-electron chi connectivity index (χ0n) is 11.2. The summed E-state index contributed by atoms with van der Waals surface area (Å²) in [7, 11) is 0. The molecule has 20 heavy (non-hydrogen) atoms. The molecule has 0 fully saturated rings. The normalized spacial score (nSPS) is 10.6. The van der Waals surface area contributed by atoms with Gasteiger partial charge >= 0.3 is 0 Å². The highest BCUT2D eigenvalue weighted by atomic mass is 127. The average molecular weight is 386 g/mol. The molecule has 0 saturated heterocycles. The minimum absolute atomic E-state index is 0.0687. The van der Waals surface area contributed by atoms with Crippen LogP contribution >= 0.6 is 22.6 Å². The van der Waals surface area contributed by atoms with Crippen molar-refractivity contribution in [1.29, 1.82) is 0 Å². The highest BCUT2D eigenvalue weighted by Crippen LogP contribution is 2.30. The number of rotatable bonds is 4. The summed E-state index contributed by atoms with van der Waals surface area (Å²) in [6, 6.07) is 4.90. The first-order chi connectivity index (χ1) is 9.56. The third kappa shape index (κ3) is 2.95. The van der Waals surface area contributed by atoms with E-state index >= 15 is 0 Å². The van der Waals surface area contributed by atoms with Crippen LogP contribution in [0.4, 0.5) is 0 Å². The number of phenols is 1. The highest BCUT2D eigenvalue weighted by Gasteiger charge is 2.11. The first-order valence-electron chi connectivity index (χ1n) is 6.31. The molecule has 1 aromatic heterocycles. The van der Waals surface area contributed by atoms with Gasteiger partial charge in [0.1, 0.15) is 5.82 Å². The van der Waals surface area contributed by atoms with Crippen molar-refractivity contribution in [2.75, 3.05) is 6.61 Å². The molecule has 0 aliphatic carbocycles. The van der Waals surface area contributed by atoms with Gasteiger partial charge in [-0.1, -0.05) is 6.92 Å². The van der Waals surface area contributed by atoms with Crippen LogP contribution in [0.1, 0.15) is 19.5 Å². The van der Waals surface area contributed by atoms with E-state index in [9.17, 15) is 9.90 Å². The third-order valence-electron chi connectivity index (χ3n) is 2.80. The number of nitrogens with one attached hydrogen (secondary N) is 1. The van der Waals surface area contributed by atoms with E-state index in [1.54, 1.807) is 12.1 Å². The fraction of sp³-hybridized carbons (Fsp3) is 0.286. The van der Waals surface area contributed by atoms with Crippen LogP contribution in [0.3, 0.4) is 0 Å². The molecule has 0 amide bonds. The number of H-pyrrole nitrogens is 1. The fourth-order valence-corrected chi connectivity index (χ4v) is 2.45. The zero-order valence-corrected chi connectivity index (χ0v) is 13.4. The van der Waals surface area contributed by atoms with E-state index in [-0.39, 0.29) is 11.3 Å². The van der Waals surface area contributed by atoms with E-state index in [4.69, 9.17) is 4.74 Å². The molecule has 0 spiro atoms. The number of benzene rings is 1. The first kappa shape index (κ1) is 14.8. The Bertz CT molecular complexity index is 683. The lowest BCUT2D eigenvalue weighted by Gasteiger charge is -2.09. The van der Waals surface area contributed by atoms with Crippen LogP contribution in [0, 0.1) is 3.57 Å². The van der Waals surface area contributed by atoms with Gasteiger partial charge < -0.3 is 14.8 Å². The van der Waals surface area contributed by atoms with Gasteiger partial charge in [0, 0.05) is 5.56 Å². The van der Waals surface area contributed by atoms with Crippen LogP contribution in [0.2, 0.25) is 0 Å². The predicted octanol–water partition coefficient (Wildman–Crippen LogP) is 2.71. The molecule has 0 aliphatic rings. The van der Waals surface area contributed by atoms with Crippen LogP contribution in [0.25, 0.3) is 11.4 Å². The zero-order chi connectivity index (χ0) is 14.7. The smallest absolute Gasteiger partial charge is 0.264 e. The standard InChI is InChI=1S/C14H15IN2O3/c1-3-9-12(15)14(19)17-13(16-9)8-5-6-10(18)11(7-8)20-4-2/h5-7,18H,3-4H2,1-2H3,(H,16,17,19). The molecule has 0 atom stereocenters. The number of phenolic OH excluding ortho intramolecular Hbond substituents is 1. The topological polar surface area (TPSA) is 75.2 Å². The Labute approximate surface area is 130 Å². The van der Waals surface area contributed by atoms with E-state index in [0.29, 0.717) is 33.7 Å². The maximum absolute atomic E-state index is 11.9. The van der Waals surface area contributed by atoms with Gasteiger partial charge in [0.2, 0.25) is 0 Å². The summed E-state index contributed by atoms with van der Waals surface area (Å²) in [5, 5.41) is 9.69. The summed E-state index contributed by atoms with van der Waals surface area (Å²) in [4.78, 5) is 19.1. The second-order valence-corrected chi connectivity index (χ2v) is 5.22. The van der Waals surface area contributed by atoms with Gasteiger partial charge in [-0.3, -0.25) is 4.79 Å². The molecule has 0 saturated carbocycles. The summed E-state index contributed by atoms with van der Waals surface area (Å²) in [6.07, 6.45) is 0.686.